The molecule has 2 N–H and O–H groups in total. The van der Waals surface area contributed by atoms with Gasteiger partial charge in [-0.25, -0.2) is 0 Å². The molecule has 1 aliphatic rings. The van der Waals surface area contributed by atoms with Crippen molar-refractivity contribution >= 4 is 18.3 Å². The molecule has 0 spiro atoms. The van der Waals surface area contributed by atoms with Crippen LogP contribution in [0.1, 0.15) is 24.0 Å². The van der Waals surface area contributed by atoms with E-state index in [9.17, 15) is 4.79 Å². The molecule has 1 aromatic carbocycles. The van der Waals surface area contributed by atoms with Crippen molar-refractivity contribution in [2.24, 2.45) is 5.92 Å². The molecular weight excluding hydrogens is 298 g/mol. The average Bonchev–Trinajstić information content (AvgIpc) is 2.49. The molecule has 5 heteroatoms. The van der Waals surface area contributed by atoms with E-state index in [1.165, 1.54) is 18.4 Å². The molecule has 0 atom stereocenters. The number of benzene rings is 1. The number of rotatable bonds is 6. The van der Waals surface area contributed by atoms with Crippen LogP contribution in [0.15, 0.2) is 24.3 Å². The van der Waals surface area contributed by atoms with Gasteiger partial charge in [-0.05, 0) is 57.9 Å². The van der Waals surface area contributed by atoms with E-state index in [4.69, 9.17) is 0 Å². The van der Waals surface area contributed by atoms with Crippen molar-refractivity contribution < 1.29 is 4.79 Å². The molecule has 1 amide bonds. The number of aryl methyl sites for hydroxylation is 1. The number of halogens is 1. The molecule has 0 unspecified atom stereocenters. The first kappa shape index (κ1) is 18.9. The monoisotopic (exact) mass is 325 g/mol. The molecule has 0 aromatic heterocycles. The third kappa shape index (κ3) is 6.34. The fourth-order valence-corrected chi connectivity index (χ4v) is 2.80. The van der Waals surface area contributed by atoms with E-state index in [1.807, 2.05) is 7.05 Å². The highest BCUT2D eigenvalue weighted by molar-refractivity contribution is 5.85. The van der Waals surface area contributed by atoms with Gasteiger partial charge in [-0.15, -0.1) is 12.4 Å². The van der Waals surface area contributed by atoms with Crippen LogP contribution in [0.5, 0.6) is 0 Å². The summed E-state index contributed by atoms with van der Waals surface area (Å²) >= 11 is 0. The molecule has 0 aliphatic carbocycles. The lowest BCUT2D eigenvalue weighted by molar-refractivity contribution is -0.122. The van der Waals surface area contributed by atoms with Gasteiger partial charge in [-0.3, -0.25) is 9.69 Å². The van der Waals surface area contributed by atoms with Gasteiger partial charge in [0, 0.05) is 6.54 Å². The fraction of sp³-hybridized carbons (Fsp3) is 0.588. The Morgan fingerprint density at radius 2 is 1.86 bits per heavy atom. The lowest BCUT2D eigenvalue weighted by Gasteiger charge is -2.31. The quantitative estimate of drug-likeness (QED) is 0.840. The van der Waals surface area contributed by atoms with Gasteiger partial charge in [0.25, 0.3) is 0 Å². The predicted octanol–water partition coefficient (Wildman–Crippen LogP) is 1.96. The number of carbonyl (C=O) groups excluding carboxylic acids is 1. The van der Waals surface area contributed by atoms with Crippen LogP contribution in [-0.2, 0) is 11.3 Å². The van der Waals surface area contributed by atoms with Crippen LogP contribution in [0, 0.1) is 12.8 Å². The lowest BCUT2D eigenvalue weighted by Crippen LogP contribution is -2.42. The van der Waals surface area contributed by atoms with Crippen LogP contribution >= 0.6 is 12.4 Å². The van der Waals surface area contributed by atoms with Gasteiger partial charge in [-0.1, -0.05) is 29.8 Å². The molecule has 1 aromatic rings. The van der Waals surface area contributed by atoms with Gasteiger partial charge in [0.05, 0.1) is 6.54 Å². The Labute approximate surface area is 140 Å². The molecule has 0 bridgehead atoms. The summed E-state index contributed by atoms with van der Waals surface area (Å²) in [4.78, 5) is 14.3. The van der Waals surface area contributed by atoms with Gasteiger partial charge in [0.2, 0.25) is 5.91 Å². The second-order valence-electron chi connectivity index (χ2n) is 6.04. The summed E-state index contributed by atoms with van der Waals surface area (Å²) in [5, 5.41) is 6.25. The van der Waals surface area contributed by atoms with Crippen LogP contribution < -0.4 is 10.6 Å². The van der Waals surface area contributed by atoms with Crippen molar-refractivity contribution in [3.63, 3.8) is 0 Å². The van der Waals surface area contributed by atoms with Crippen molar-refractivity contribution in [2.75, 3.05) is 33.2 Å². The minimum Gasteiger partial charge on any atom is -0.351 e. The first-order valence-corrected chi connectivity index (χ1v) is 7.86. The summed E-state index contributed by atoms with van der Waals surface area (Å²) in [6.07, 6.45) is 2.37. The molecule has 124 valence electrons. The zero-order valence-corrected chi connectivity index (χ0v) is 14.4. The first-order valence-electron chi connectivity index (χ1n) is 7.86. The largest absolute Gasteiger partial charge is 0.351 e. The fourth-order valence-electron chi connectivity index (χ4n) is 2.80. The number of likely N-dealkylation sites (tertiary alicyclic amines) is 1. The first-order chi connectivity index (χ1) is 10.2. The molecule has 2 rings (SSSR count). The molecule has 0 radical (unpaired) electrons. The summed E-state index contributed by atoms with van der Waals surface area (Å²) < 4.78 is 0. The van der Waals surface area contributed by atoms with E-state index < -0.39 is 0 Å². The van der Waals surface area contributed by atoms with Crippen molar-refractivity contribution in [3.05, 3.63) is 35.4 Å². The maximum absolute atomic E-state index is 12.0. The van der Waals surface area contributed by atoms with Crippen LogP contribution in [0.25, 0.3) is 0 Å². The molecular formula is C17H28ClN3O. The average molecular weight is 326 g/mol. The maximum Gasteiger partial charge on any atom is 0.234 e. The number of nitrogens with one attached hydrogen (secondary N) is 2. The van der Waals surface area contributed by atoms with Gasteiger partial charge in [0.15, 0.2) is 0 Å². The summed E-state index contributed by atoms with van der Waals surface area (Å²) in [7, 11) is 2.00. The highest BCUT2D eigenvalue weighted by Crippen LogP contribution is 2.15. The molecule has 1 heterocycles. The van der Waals surface area contributed by atoms with Crippen LogP contribution in [0.3, 0.4) is 0 Å². The van der Waals surface area contributed by atoms with Crippen molar-refractivity contribution in [1.82, 2.24) is 15.5 Å². The van der Waals surface area contributed by atoms with Crippen molar-refractivity contribution in [3.8, 4) is 0 Å². The minimum atomic E-state index is 0. The van der Waals surface area contributed by atoms with E-state index in [1.54, 1.807) is 0 Å². The molecule has 4 nitrogen and oxygen atoms in total. The Morgan fingerprint density at radius 1 is 1.23 bits per heavy atom. The molecule has 1 saturated heterocycles. The number of nitrogens with zero attached hydrogens (tertiary/aromatic N) is 1. The standard InChI is InChI=1S/C17H27N3O.ClH/c1-14-3-5-15(6-4-14)12-19-17(21)13-20-9-7-16(8-10-20)11-18-2;/h3-6,16,18H,7-13H2,1-2H3,(H,19,21);1H. The minimum absolute atomic E-state index is 0. The van der Waals surface area contributed by atoms with E-state index in [0.29, 0.717) is 13.1 Å². The molecule has 1 fully saturated rings. The van der Waals surface area contributed by atoms with Crippen molar-refractivity contribution in [1.29, 1.82) is 0 Å². The Balaban J connectivity index is 0.00000242. The SMILES string of the molecule is CNCC1CCN(CC(=O)NCc2ccc(C)cc2)CC1.Cl. The van der Waals surface area contributed by atoms with Crippen LogP contribution in [-0.4, -0.2) is 44.0 Å². The predicted molar refractivity (Wildman–Crippen MR) is 93.4 cm³/mol. The highest BCUT2D eigenvalue weighted by Gasteiger charge is 2.20. The van der Waals surface area contributed by atoms with Gasteiger partial charge in [0.1, 0.15) is 0 Å². The molecule has 0 saturated carbocycles. The smallest absolute Gasteiger partial charge is 0.234 e. The van der Waals surface area contributed by atoms with E-state index in [0.717, 1.165) is 31.1 Å². The number of amides is 1. The van der Waals surface area contributed by atoms with Gasteiger partial charge in [-0.2, -0.15) is 0 Å². The van der Waals surface area contributed by atoms with Gasteiger partial charge < -0.3 is 10.6 Å². The van der Waals surface area contributed by atoms with Gasteiger partial charge >= 0.3 is 0 Å². The molecule has 22 heavy (non-hydrogen) atoms. The summed E-state index contributed by atoms with van der Waals surface area (Å²) in [5.74, 6) is 0.893. The topological polar surface area (TPSA) is 44.4 Å². The van der Waals surface area contributed by atoms with E-state index >= 15 is 0 Å². The third-order valence-corrected chi connectivity index (χ3v) is 4.18. The van der Waals surface area contributed by atoms with E-state index in [-0.39, 0.29) is 18.3 Å². The normalized spacial score (nSPS) is 16.1. The van der Waals surface area contributed by atoms with E-state index in [2.05, 4.69) is 46.7 Å². The number of piperidine rings is 1. The third-order valence-electron chi connectivity index (χ3n) is 4.18. The summed E-state index contributed by atoms with van der Waals surface area (Å²) in [5.41, 5.74) is 2.40. The summed E-state index contributed by atoms with van der Waals surface area (Å²) in [6.45, 7) is 6.37. The van der Waals surface area contributed by atoms with Crippen molar-refractivity contribution in [2.45, 2.75) is 26.3 Å². The Morgan fingerprint density at radius 3 is 2.45 bits per heavy atom. The maximum atomic E-state index is 12.0. The lowest BCUT2D eigenvalue weighted by atomic mass is 9.97. The second kappa shape index (κ2) is 9.82. The van der Waals surface area contributed by atoms with Crippen LogP contribution in [0.4, 0.5) is 0 Å². The molecule has 1 aliphatic heterocycles. The number of hydrogen-bond donors (Lipinski definition) is 2. The number of hydrogen-bond acceptors (Lipinski definition) is 3. The Hall–Kier alpha value is -1.10. The Bertz CT molecular complexity index is 442. The Kier molecular flexibility index (Phi) is 8.46. The summed E-state index contributed by atoms with van der Waals surface area (Å²) in [6, 6.07) is 8.29. The number of carbonyl (C=O) groups is 1. The second-order valence-corrected chi connectivity index (χ2v) is 6.04. The van der Waals surface area contributed by atoms with Crippen LogP contribution in [0.2, 0.25) is 0 Å². The zero-order valence-electron chi connectivity index (χ0n) is 13.6. The highest BCUT2D eigenvalue weighted by atomic mass is 35.5. The zero-order chi connectivity index (χ0) is 15.1.